The number of nitrogen functional groups attached to an aromatic ring is 1. The number of hydrogen-bond donors (Lipinski definition) is 2. The van der Waals surface area contributed by atoms with Gasteiger partial charge in [0.2, 0.25) is 5.95 Å². The van der Waals surface area contributed by atoms with E-state index in [-0.39, 0.29) is 24.8 Å². The summed E-state index contributed by atoms with van der Waals surface area (Å²) in [6, 6.07) is 11.1. The van der Waals surface area contributed by atoms with Gasteiger partial charge in [-0.2, -0.15) is 4.98 Å². The Morgan fingerprint density at radius 2 is 1.71 bits per heavy atom. The standard InChI is InChI=1S/C20H28N6.2ClH/c1-14-4-2-3-5-15(14)13-25-6-8-26(9-7-25)19-12-18(23-20(22)24-19)16-10-17(21)11-16;;/h2-5,12,16-17H,6-11,13,21H2,1H3,(H2,22,23,24);2*1H. The molecule has 6 nitrogen and oxygen atoms in total. The molecule has 0 spiro atoms. The number of benzene rings is 1. The van der Waals surface area contributed by atoms with Gasteiger partial charge >= 0.3 is 0 Å². The normalized spacial score (nSPS) is 22.0. The van der Waals surface area contributed by atoms with E-state index in [1.165, 1.54) is 11.1 Å². The number of aryl methyl sites for hydroxylation is 1. The molecule has 1 saturated carbocycles. The van der Waals surface area contributed by atoms with E-state index < -0.39 is 0 Å². The maximum Gasteiger partial charge on any atom is 0.222 e. The topological polar surface area (TPSA) is 84.3 Å². The predicted octanol–water partition coefficient (Wildman–Crippen LogP) is 2.74. The van der Waals surface area contributed by atoms with Crippen molar-refractivity contribution in [1.82, 2.24) is 14.9 Å². The SMILES string of the molecule is Cc1ccccc1CN1CCN(c2cc(C3CC(N)C3)nc(N)n2)CC1.Cl.Cl. The Bertz CT molecular complexity index is 773. The molecule has 1 aliphatic carbocycles. The van der Waals surface area contributed by atoms with Crippen molar-refractivity contribution in [3.05, 3.63) is 47.2 Å². The summed E-state index contributed by atoms with van der Waals surface area (Å²) < 4.78 is 0. The van der Waals surface area contributed by atoms with E-state index in [9.17, 15) is 0 Å². The van der Waals surface area contributed by atoms with Crippen molar-refractivity contribution in [3.8, 4) is 0 Å². The summed E-state index contributed by atoms with van der Waals surface area (Å²) >= 11 is 0. The lowest BCUT2D eigenvalue weighted by Crippen LogP contribution is -2.46. The van der Waals surface area contributed by atoms with E-state index in [1.807, 2.05) is 0 Å². The average molecular weight is 425 g/mol. The molecule has 0 unspecified atom stereocenters. The first-order valence-corrected chi connectivity index (χ1v) is 9.50. The zero-order chi connectivity index (χ0) is 18.1. The fourth-order valence-corrected chi connectivity index (χ4v) is 3.91. The highest BCUT2D eigenvalue weighted by Gasteiger charge is 2.30. The van der Waals surface area contributed by atoms with Crippen LogP contribution in [0.2, 0.25) is 0 Å². The molecule has 28 heavy (non-hydrogen) atoms. The Labute approximate surface area is 179 Å². The highest BCUT2D eigenvalue weighted by molar-refractivity contribution is 5.85. The summed E-state index contributed by atoms with van der Waals surface area (Å²) in [5.74, 6) is 1.78. The van der Waals surface area contributed by atoms with Crippen LogP contribution in [0, 0.1) is 6.92 Å². The lowest BCUT2D eigenvalue weighted by molar-refractivity contribution is 0.249. The third-order valence-electron chi connectivity index (χ3n) is 5.69. The summed E-state index contributed by atoms with van der Waals surface area (Å²) in [5.41, 5.74) is 15.7. The van der Waals surface area contributed by atoms with Gasteiger partial charge in [-0.15, -0.1) is 24.8 Å². The molecular formula is C20H30Cl2N6. The number of anilines is 2. The van der Waals surface area contributed by atoms with Crippen molar-refractivity contribution in [2.45, 2.75) is 38.3 Å². The predicted molar refractivity (Wildman–Crippen MR) is 120 cm³/mol. The van der Waals surface area contributed by atoms with Crippen LogP contribution in [0.1, 0.15) is 35.6 Å². The maximum atomic E-state index is 5.97. The molecule has 1 saturated heterocycles. The van der Waals surface area contributed by atoms with Gasteiger partial charge in [-0.25, -0.2) is 4.98 Å². The molecule has 154 valence electrons. The third kappa shape index (κ3) is 5.06. The fraction of sp³-hybridized carbons (Fsp3) is 0.500. The number of nitrogens with zero attached hydrogens (tertiary/aromatic N) is 4. The van der Waals surface area contributed by atoms with Crippen LogP contribution in [0.25, 0.3) is 0 Å². The van der Waals surface area contributed by atoms with Crippen molar-refractivity contribution in [2.24, 2.45) is 5.73 Å². The number of halogens is 2. The van der Waals surface area contributed by atoms with Gasteiger partial charge in [-0.3, -0.25) is 4.90 Å². The minimum Gasteiger partial charge on any atom is -0.368 e. The minimum atomic E-state index is 0. The number of aromatic nitrogens is 2. The Kier molecular flexibility index (Phi) is 7.89. The van der Waals surface area contributed by atoms with Gasteiger partial charge in [0, 0.05) is 50.7 Å². The summed E-state index contributed by atoms with van der Waals surface area (Å²) in [5, 5.41) is 0. The zero-order valence-corrected chi connectivity index (χ0v) is 17.9. The van der Waals surface area contributed by atoms with E-state index in [0.29, 0.717) is 17.9 Å². The summed E-state index contributed by atoms with van der Waals surface area (Å²) in [6.45, 7) is 7.18. The van der Waals surface area contributed by atoms with Gasteiger partial charge in [-0.05, 0) is 30.9 Å². The van der Waals surface area contributed by atoms with Crippen LogP contribution in [-0.2, 0) is 6.54 Å². The first kappa shape index (κ1) is 22.7. The second-order valence-corrected chi connectivity index (χ2v) is 7.63. The van der Waals surface area contributed by atoms with Crippen LogP contribution in [0.4, 0.5) is 11.8 Å². The Morgan fingerprint density at radius 3 is 2.36 bits per heavy atom. The number of hydrogen-bond acceptors (Lipinski definition) is 6. The van der Waals surface area contributed by atoms with Gasteiger partial charge < -0.3 is 16.4 Å². The lowest BCUT2D eigenvalue weighted by atomic mass is 9.78. The first-order chi connectivity index (χ1) is 12.6. The van der Waals surface area contributed by atoms with E-state index >= 15 is 0 Å². The second kappa shape index (κ2) is 9.74. The van der Waals surface area contributed by atoms with Crippen molar-refractivity contribution >= 4 is 36.6 Å². The van der Waals surface area contributed by atoms with Gasteiger partial charge in [0.25, 0.3) is 0 Å². The molecule has 1 aliphatic heterocycles. The number of rotatable bonds is 4. The van der Waals surface area contributed by atoms with Gasteiger partial charge in [0.15, 0.2) is 0 Å². The smallest absolute Gasteiger partial charge is 0.222 e. The molecule has 2 heterocycles. The van der Waals surface area contributed by atoms with Crippen LogP contribution < -0.4 is 16.4 Å². The van der Waals surface area contributed by atoms with Crippen LogP contribution in [0.15, 0.2) is 30.3 Å². The van der Waals surface area contributed by atoms with Gasteiger partial charge in [0.1, 0.15) is 5.82 Å². The van der Waals surface area contributed by atoms with Crippen molar-refractivity contribution < 1.29 is 0 Å². The van der Waals surface area contributed by atoms with E-state index in [0.717, 1.165) is 57.1 Å². The van der Waals surface area contributed by atoms with Crippen molar-refractivity contribution in [3.63, 3.8) is 0 Å². The maximum absolute atomic E-state index is 5.97. The summed E-state index contributed by atoms with van der Waals surface area (Å²) in [4.78, 5) is 13.8. The Morgan fingerprint density at radius 1 is 1.04 bits per heavy atom. The van der Waals surface area contributed by atoms with E-state index in [4.69, 9.17) is 11.5 Å². The van der Waals surface area contributed by atoms with Crippen LogP contribution >= 0.6 is 24.8 Å². The van der Waals surface area contributed by atoms with Crippen molar-refractivity contribution in [1.29, 1.82) is 0 Å². The van der Waals surface area contributed by atoms with E-state index in [2.05, 4.69) is 57.0 Å². The highest BCUT2D eigenvalue weighted by Crippen LogP contribution is 2.36. The Balaban J connectivity index is 0.00000140. The first-order valence-electron chi connectivity index (χ1n) is 9.50. The summed E-state index contributed by atoms with van der Waals surface area (Å²) in [7, 11) is 0. The quantitative estimate of drug-likeness (QED) is 0.784. The molecule has 8 heteroatoms. The molecule has 4 N–H and O–H groups in total. The molecule has 2 aliphatic rings. The summed E-state index contributed by atoms with van der Waals surface area (Å²) in [6.07, 6.45) is 2.00. The average Bonchev–Trinajstić information content (AvgIpc) is 2.61. The molecule has 0 amide bonds. The van der Waals surface area contributed by atoms with E-state index in [1.54, 1.807) is 0 Å². The molecule has 4 rings (SSSR count). The lowest BCUT2D eigenvalue weighted by Gasteiger charge is -2.36. The molecule has 1 aromatic carbocycles. The molecular weight excluding hydrogens is 395 g/mol. The highest BCUT2D eigenvalue weighted by atomic mass is 35.5. The van der Waals surface area contributed by atoms with Crippen LogP contribution in [0.5, 0.6) is 0 Å². The van der Waals surface area contributed by atoms with Crippen LogP contribution in [-0.4, -0.2) is 47.1 Å². The number of piperazine rings is 1. The Hall–Kier alpha value is -1.60. The van der Waals surface area contributed by atoms with Gasteiger partial charge in [0.05, 0.1) is 5.69 Å². The molecule has 2 aromatic rings. The minimum absolute atomic E-state index is 0. The fourth-order valence-electron chi connectivity index (χ4n) is 3.91. The zero-order valence-electron chi connectivity index (χ0n) is 16.3. The largest absolute Gasteiger partial charge is 0.368 e. The third-order valence-corrected chi connectivity index (χ3v) is 5.69. The monoisotopic (exact) mass is 424 g/mol. The molecule has 0 radical (unpaired) electrons. The second-order valence-electron chi connectivity index (χ2n) is 7.63. The molecule has 2 fully saturated rings. The van der Waals surface area contributed by atoms with Crippen LogP contribution in [0.3, 0.4) is 0 Å². The number of nitrogens with two attached hydrogens (primary N) is 2. The molecule has 0 bridgehead atoms. The van der Waals surface area contributed by atoms with Crippen molar-refractivity contribution in [2.75, 3.05) is 36.8 Å². The van der Waals surface area contributed by atoms with Gasteiger partial charge in [-0.1, -0.05) is 24.3 Å². The molecule has 0 atom stereocenters. The molecule has 1 aromatic heterocycles.